The summed E-state index contributed by atoms with van der Waals surface area (Å²) in [5.74, 6) is 4.84. The molecule has 0 heteroatoms. The third-order valence-corrected chi connectivity index (χ3v) is 5.81. The lowest BCUT2D eigenvalue weighted by Crippen LogP contribution is -2.25. The predicted molar refractivity (Wildman–Crippen MR) is 91.9 cm³/mol. The Hall–Kier alpha value is 0. The maximum atomic E-state index is 2.43. The first-order chi connectivity index (χ1) is 9.21. The summed E-state index contributed by atoms with van der Waals surface area (Å²) in [4.78, 5) is 0. The van der Waals surface area contributed by atoms with Crippen molar-refractivity contribution in [2.45, 2.75) is 93.4 Å². The Morgan fingerprint density at radius 1 is 0.900 bits per heavy atom. The molecule has 120 valence electrons. The summed E-state index contributed by atoms with van der Waals surface area (Å²) in [5, 5.41) is 0. The van der Waals surface area contributed by atoms with Crippen molar-refractivity contribution in [2.24, 2.45) is 35.0 Å². The van der Waals surface area contributed by atoms with Gasteiger partial charge in [0.25, 0.3) is 0 Å². The molecule has 0 aromatic rings. The monoisotopic (exact) mass is 280 g/mol. The molecule has 2 aliphatic rings. The molecule has 2 aliphatic carbocycles. The van der Waals surface area contributed by atoms with Crippen LogP contribution in [0.2, 0.25) is 0 Å². The lowest BCUT2D eigenvalue weighted by atomic mass is 9.71. The van der Waals surface area contributed by atoms with Gasteiger partial charge in [0.2, 0.25) is 0 Å². The van der Waals surface area contributed by atoms with Crippen LogP contribution in [0.5, 0.6) is 0 Å². The number of hydrogen-bond donors (Lipinski definition) is 0. The first kappa shape index (κ1) is 18.1. The standard InChI is InChI=1S/C11H22.C9H18/c1-8(2)11-6-5-9(3)7-10(11)4;1-8-5-4-6-9(2,3)7-8/h8-11H,5-7H2,1-4H3;8H,4-7H2,1-3H3. The van der Waals surface area contributed by atoms with Crippen LogP contribution in [0.15, 0.2) is 0 Å². The van der Waals surface area contributed by atoms with E-state index in [2.05, 4.69) is 48.5 Å². The fourth-order valence-electron chi connectivity index (χ4n) is 4.76. The first-order valence-corrected chi connectivity index (χ1v) is 9.21. The van der Waals surface area contributed by atoms with E-state index in [9.17, 15) is 0 Å². The molecule has 0 spiro atoms. The molecule has 0 heterocycles. The van der Waals surface area contributed by atoms with Crippen LogP contribution >= 0.6 is 0 Å². The molecule has 0 aromatic heterocycles. The largest absolute Gasteiger partial charge is 0.0625 e. The summed E-state index contributed by atoms with van der Waals surface area (Å²) < 4.78 is 0. The minimum Gasteiger partial charge on any atom is -0.0625 e. The van der Waals surface area contributed by atoms with Gasteiger partial charge in [-0.2, -0.15) is 0 Å². The van der Waals surface area contributed by atoms with E-state index in [0.29, 0.717) is 5.41 Å². The van der Waals surface area contributed by atoms with Crippen molar-refractivity contribution in [3.63, 3.8) is 0 Å². The van der Waals surface area contributed by atoms with Gasteiger partial charge in [-0.05, 0) is 60.7 Å². The molecule has 2 fully saturated rings. The van der Waals surface area contributed by atoms with Gasteiger partial charge < -0.3 is 0 Å². The van der Waals surface area contributed by atoms with E-state index in [1.807, 2.05) is 0 Å². The van der Waals surface area contributed by atoms with E-state index >= 15 is 0 Å². The molecule has 0 saturated heterocycles. The second kappa shape index (κ2) is 7.85. The minimum absolute atomic E-state index is 0.650. The van der Waals surface area contributed by atoms with Crippen LogP contribution in [0.1, 0.15) is 93.4 Å². The molecular weight excluding hydrogens is 240 g/mol. The van der Waals surface area contributed by atoms with E-state index in [4.69, 9.17) is 0 Å². The van der Waals surface area contributed by atoms with Gasteiger partial charge in [0.1, 0.15) is 0 Å². The second-order valence-corrected chi connectivity index (χ2v) is 9.17. The lowest BCUT2D eigenvalue weighted by molar-refractivity contribution is 0.158. The summed E-state index contributed by atoms with van der Waals surface area (Å²) in [5.41, 5.74) is 0.650. The molecule has 4 unspecified atom stereocenters. The summed E-state index contributed by atoms with van der Waals surface area (Å²) >= 11 is 0. The number of rotatable bonds is 1. The van der Waals surface area contributed by atoms with E-state index in [0.717, 1.165) is 29.6 Å². The fourth-order valence-corrected chi connectivity index (χ4v) is 4.76. The lowest BCUT2D eigenvalue weighted by Gasteiger charge is -2.35. The molecular formula is C20H40. The molecule has 0 amide bonds. The van der Waals surface area contributed by atoms with Gasteiger partial charge in [0, 0.05) is 0 Å². The van der Waals surface area contributed by atoms with E-state index < -0.39 is 0 Å². The average molecular weight is 281 g/mol. The van der Waals surface area contributed by atoms with Crippen molar-refractivity contribution in [1.29, 1.82) is 0 Å². The van der Waals surface area contributed by atoms with Gasteiger partial charge in [-0.3, -0.25) is 0 Å². The topological polar surface area (TPSA) is 0 Å². The maximum absolute atomic E-state index is 2.43. The Balaban J connectivity index is 0.000000204. The van der Waals surface area contributed by atoms with Crippen LogP contribution in [-0.2, 0) is 0 Å². The Kier molecular flexibility index (Phi) is 7.09. The third kappa shape index (κ3) is 6.19. The molecule has 2 rings (SSSR count). The molecule has 2 saturated carbocycles. The predicted octanol–water partition coefficient (Wildman–Crippen LogP) is 6.94. The highest BCUT2D eigenvalue weighted by molar-refractivity contribution is 4.78. The highest BCUT2D eigenvalue weighted by Crippen LogP contribution is 2.38. The van der Waals surface area contributed by atoms with Crippen LogP contribution in [0, 0.1) is 35.0 Å². The van der Waals surface area contributed by atoms with Crippen molar-refractivity contribution in [3.05, 3.63) is 0 Å². The summed E-state index contributed by atoms with van der Waals surface area (Å²) in [7, 11) is 0. The van der Waals surface area contributed by atoms with Crippen LogP contribution in [0.4, 0.5) is 0 Å². The zero-order valence-corrected chi connectivity index (χ0v) is 15.3. The number of hydrogen-bond acceptors (Lipinski definition) is 0. The fraction of sp³-hybridized carbons (Fsp3) is 1.00. The van der Waals surface area contributed by atoms with Crippen LogP contribution < -0.4 is 0 Å². The van der Waals surface area contributed by atoms with E-state index in [-0.39, 0.29) is 0 Å². The molecule has 0 N–H and O–H groups in total. The molecule has 20 heavy (non-hydrogen) atoms. The molecule has 0 aromatic carbocycles. The van der Waals surface area contributed by atoms with E-state index in [1.54, 1.807) is 0 Å². The minimum atomic E-state index is 0.650. The quantitative estimate of drug-likeness (QED) is 0.488. The third-order valence-electron chi connectivity index (χ3n) is 5.81. The highest BCUT2D eigenvalue weighted by atomic mass is 14.3. The summed E-state index contributed by atoms with van der Waals surface area (Å²) in [6.45, 7) is 16.7. The molecule has 4 atom stereocenters. The van der Waals surface area contributed by atoms with Gasteiger partial charge in [0.15, 0.2) is 0 Å². The summed E-state index contributed by atoms with van der Waals surface area (Å²) in [6.07, 6.45) is 10.2. The molecule has 0 radical (unpaired) electrons. The molecule has 0 bridgehead atoms. The Morgan fingerprint density at radius 3 is 1.95 bits per heavy atom. The Labute approximate surface area is 129 Å². The van der Waals surface area contributed by atoms with E-state index in [1.165, 1.54) is 44.9 Å². The molecule has 0 aliphatic heterocycles. The Morgan fingerprint density at radius 2 is 1.55 bits per heavy atom. The van der Waals surface area contributed by atoms with Crippen LogP contribution in [-0.4, -0.2) is 0 Å². The maximum Gasteiger partial charge on any atom is -0.0352 e. The average Bonchev–Trinajstić information content (AvgIpc) is 2.26. The second-order valence-electron chi connectivity index (χ2n) is 9.17. The highest BCUT2D eigenvalue weighted by Gasteiger charge is 2.27. The van der Waals surface area contributed by atoms with Gasteiger partial charge in [0.05, 0.1) is 0 Å². The SMILES string of the molecule is CC1CCC(C(C)C)C(C)C1.CC1CCCC(C)(C)C1. The van der Waals surface area contributed by atoms with Crippen molar-refractivity contribution >= 4 is 0 Å². The van der Waals surface area contributed by atoms with Crippen molar-refractivity contribution in [1.82, 2.24) is 0 Å². The van der Waals surface area contributed by atoms with Gasteiger partial charge in [-0.25, -0.2) is 0 Å². The summed E-state index contributed by atoms with van der Waals surface area (Å²) in [6, 6.07) is 0. The van der Waals surface area contributed by atoms with Crippen LogP contribution in [0.25, 0.3) is 0 Å². The smallest absolute Gasteiger partial charge is 0.0352 e. The first-order valence-electron chi connectivity index (χ1n) is 9.21. The normalized spacial score (nSPS) is 37.2. The van der Waals surface area contributed by atoms with Crippen molar-refractivity contribution in [3.8, 4) is 0 Å². The zero-order chi connectivity index (χ0) is 15.3. The Bertz CT molecular complexity index is 263. The van der Waals surface area contributed by atoms with Gasteiger partial charge in [-0.1, -0.05) is 67.7 Å². The van der Waals surface area contributed by atoms with Crippen LogP contribution in [0.3, 0.4) is 0 Å². The van der Waals surface area contributed by atoms with Crippen molar-refractivity contribution < 1.29 is 0 Å². The van der Waals surface area contributed by atoms with Gasteiger partial charge >= 0.3 is 0 Å². The molecule has 0 nitrogen and oxygen atoms in total. The van der Waals surface area contributed by atoms with Crippen molar-refractivity contribution in [2.75, 3.05) is 0 Å². The van der Waals surface area contributed by atoms with Gasteiger partial charge in [-0.15, -0.1) is 0 Å². The zero-order valence-electron chi connectivity index (χ0n) is 15.3.